The third kappa shape index (κ3) is 3.39. The van der Waals surface area contributed by atoms with E-state index in [-0.39, 0.29) is 18.1 Å². The Morgan fingerprint density at radius 1 is 1.08 bits per heavy atom. The first kappa shape index (κ1) is 16.5. The molecule has 0 bridgehead atoms. The number of oxazole rings is 1. The van der Waals surface area contributed by atoms with Crippen molar-refractivity contribution in [1.29, 1.82) is 0 Å². The molecule has 0 unspecified atom stereocenters. The van der Waals surface area contributed by atoms with Gasteiger partial charge in [0.15, 0.2) is 12.2 Å². The highest BCUT2D eigenvalue weighted by molar-refractivity contribution is 5.94. The second kappa shape index (κ2) is 7.14. The molecule has 0 aliphatic carbocycles. The number of hydrogen-bond acceptors (Lipinski definition) is 4. The van der Waals surface area contributed by atoms with Gasteiger partial charge in [0.2, 0.25) is 0 Å². The first-order chi connectivity index (χ1) is 12.7. The highest BCUT2D eigenvalue weighted by Crippen LogP contribution is 2.26. The largest absolute Gasteiger partial charge is 0.444 e. The van der Waals surface area contributed by atoms with Crippen LogP contribution < -0.4 is 0 Å². The van der Waals surface area contributed by atoms with Gasteiger partial charge in [0.25, 0.3) is 5.91 Å². The van der Waals surface area contributed by atoms with E-state index >= 15 is 0 Å². The zero-order chi connectivity index (χ0) is 17.9. The lowest BCUT2D eigenvalue weighted by molar-refractivity contribution is -0.0691. The number of morpholine rings is 1. The van der Waals surface area contributed by atoms with Crippen LogP contribution in [0.4, 0.5) is 0 Å². The van der Waals surface area contributed by atoms with Gasteiger partial charge in [0, 0.05) is 17.7 Å². The Bertz CT molecular complexity index is 860. The molecule has 0 N–H and O–H groups in total. The lowest BCUT2D eigenvalue weighted by Gasteiger charge is -2.37. The van der Waals surface area contributed by atoms with Crippen LogP contribution in [0, 0.1) is 0 Å². The summed E-state index contributed by atoms with van der Waals surface area (Å²) < 4.78 is 11.3. The molecule has 3 aromatic rings. The van der Waals surface area contributed by atoms with E-state index in [4.69, 9.17) is 9.15 Å². The molecule has 1 aromatic heterocycles. The van der Waals surface area contributed by atoms with Crippen LogP contribution in [0.25, 0.3) is 11.3 Å². The Hall–Kier alpha value is -2.92. The number of benzene rings is 2. The van der Waals surface area contributed by atoms with Crippen LogP contribution in [0.3, 0.4) is 0 Å². The fourth-order valence-electron chi connectivity index (χ4n) is 3.29. The Morgan fingerprint density at radius 2 is 1.85 bits per heavy atom. The minimum atomic E-state index is -0.0997. The first-order valence-corrected chi connectivity index (χ1v) is 8.69. The summed E-state index contributed by atoms with van der Waals surface area (Å²) in [5.41, 5.74) is 2.66. The summed E-state index contributed by atoms with van der Waals surface area (Å²) in [6.45, 7) is 3.14. The van der Waals surface area contributed by atoms with Gasteiger partial charge in [-0.05, 0) is 24.6 Å². The van der Waals surface area contributed by atoms with E-state index in [9.17, 15) is 4.79 Å². The topological polar surface area (TPSA) is 55.6 Å². The molecule has 2 atom stereocenters. The van der Waals surface area contributed by atoms with Crippen molar-refractivity contribution in [2.45, 2.75) is 19.1 Å². The molecule has 0 spiro atoms. The lowest BCUT2D eigenvalue weighted by atomic mass is 10.0. The summed E-state index contributed by atoms with van der Waals surface area (Å²) in [5.74, 6) is 0.707. The van der Waals surface area contributed by atoms with E-state index in [2.05, 4.69) is 4.98 Å². The summed E-state index contributed by atoms with van der Waals surface area (Å²) in [7, 11) is 0. The van der Waals surface area contributed by atoms with Crippen molar-refractivity contribution in [2.75, 3.05) is 13.1 Å². The van der Waals surface area contributed by atoms with Crippen LogP contribution in [0.2, 0.25) is 0 Å². The van der Waals surface area contributed by atoms with Crippen LogP contribution in [0.5, 0.6) is 0 Å². The Kier molecular flexibility index (Phi) is 4.54. The highest BCUT2D eigenvalue weighted by atomic mass is 16.5. The molecule has 1 aliphatic heterocycles. The van der Waals surface area contributed by atoms with Crippen molar-refractivity contribution >= 4 is 5.91 Å². The van der Waals surface area contributed by atoms with Crippen molar-refractivity contribution in [2.24, 2.45) is 0 Å². The van der Waals surface area contributed by atoms with E-state index in [1.807, 2.05) is 66.4 Å². The van der Waals surface area contributed by atoms with Gasteiger partial charge in [-0.2, -0.15) is 0 Å². The maximum atomic E-state index is 13.0. The molecule has 2 heterocycles. The lowest BCUT2D eigenvalue weighted by Crippen LogP contribution is -2.45. The minimum Gasteiger partial charge on any atom is -0.444 e. The maximum Gasteiger partial charge on any atom is 0.254 e. The predicted molar refractivity (Wildman–Crippen MR) is 97.6 cm³/mol. The first-order valence-electron chi connectivity index (χ1n) is 8.69. The molecule has 132 valence electrons. The summed E-state index contributed by atoms with van der Waals surface area (Å²) in [4.78, 5) is 18.7. The molecular formula is C21H20N2O3. The Balaban J connectivity index is 1.51. The molecule has 5 nitrogen and oxygen atoms in total. The van der Waals surface area contributed by atoms with Crippen molar-refractivity contribution in [1.82, 2.24) is 9.88 Å². The zero-order valence-corrected chi connectivity index (χ0v) is 14.5. The normalized spacial score (nSPS) is 20.1. The molecule has 1 fully saturated rings. The third-order valence-corrected chi connectivity index (χ3v) is 4.57. The van der Waals surface area contributed by atoms with Gasteiger partial charge in [-0.15, -0.1) is 0 Å². The fraction of sp³-hybridized carbons (Fsp3) is 0.238. The van der Waals surface area contributed by atoms with E-state index in [0.29, 0.717) is 24.4 Å². The van der Waals surface area contributed by atoms with Crippen LogP contribution in [-0.4, -0.2) is 35.0 Å². The summed E-state index contributed by atoms with van der Waals surface area (Å²) in [5, 5.41) is 0. The predicted octanol–water partition coefficient (Wildman–Crippen LogP) is 3.94. The second-order valence-electron chi connectivity index (χ2n) is 6.50. The van der Waals surface area contributed by atoms with E-state index < -0.39 is 0 Å². The number of aromatic nitrogens is 1. The molecular weight excluding hydrogens is 328 g/mol. The van der Waals surface area contributed by atoms with Gasteiger partial charge in [-0.1, -0.05) is 42.5 Å². The molecule has 2 aromatic carbocycles. The average Bonchev–Trinajstić information content (AvgIpc) is 3.22. The van der Waals surface area contributed by atoms with E-state index in [1.54, 1.807) is 6.20 Å². The van der Waals surface area contributed by atoms with Gasteiger partial charge in [0.1, 0.15) is 6.10 Å². The maximum absolute atomic E-state index is 13.0. The van der Waals surface area contributed by atoms with Crippen molar-refractivity contribution in [3.8, 4) is 11.3 Å². The van der Waals surface area contributed by atoms with Crippen LogP contribution in [-0.2, 0) is 4.74 Å². The molecule has 1 amide bonds. The second-order valence-corrected chi connectivity index (χ2v) is 6.50. The van der Waals surface area contributed by atoms with Gasteiger partial charge in [-0.3, -0.25) is 4.79 Å². The Morgan fingerprint density at radius 3 is 2.54 bits per heavy atom. The number of carbonyl (C=O) groups excluding carboxylic acids is 1. The molecule has 1 aliphatic rings. The summed E-state index contributed by atoms with van der Waals surface area (Å²) in [6, 6.07) is 17.5. The van der Waals surface area contributed by atoms with Gasteiger partial charge in [0.05, 0.1) is 18.8 Å². The molecule has 0 radical (unpaired) electrons. The van der Waals surface area contributed by atoms with Crippen molar-refractivity contribution < 1.29 is 13.9 Å². The number of rotatable bonds is 3. The number of hydrogen-bond donors (Lipinski definition) is 0. The average molecular weight is 348 g/mol. The fourth-order valence-corrected chi connectivity index (χ4v) is 3.29. The van der Waals surface area contributed by atoms with Crippen molar-refractivity contribution in [3.05, 3.63) is 78.3 Å². The van der Waals surface area contributed by atoms with Gasteiger partial charge >= 0.3 is 0 Å². The van der Waals surface area contributed by atoms with E-state index in [1.165, 1.54) is 6.39 Å². The van der Waals surface area contributed by atoms with Crippen molar-refractivity contribution in [3.63, 3.8) is 0 Å². The SMILES string of the molecule is C[C@@H]1CN(C(=O)c2ccc(-c3cnco3)cc2)C[C@H](c2ccccc2)O1. The number of carbonyl (C=O) groups is 1. The number of amides is 1. The minimum absolute atomic E-state index is 0.00799. The van der Waals surface area contributed by atoms with Crippen LogP contribution in [0.1, 0.15) is 28.9 Å². The summed E-state index contributed by atoms with van der Waals surface area (Å²) in [6.07, 6.45) is 2.95. The van der Waals surface area contributed by atoms with Gasteiger partial charge in [-0.25, -0.2) is 4.98 Å². The smallest absolute Gasteiger partial charge is 0.254 e. The Labute approximate surface area is 152 Å². The standard InChI is InChI=1S/C21H20N2O3/c1-15-12-23(13-20(26-15)16-5-3-2-4-6-16)21(24)18-9-7-17(8-10-18)19-11-22-14-25-19/h2-11,14-15,20H,12-13H2,1H3/t15-,20-/m1/s1. The van der Waals surface area contributed by atoms with Crippen LogP contribution >= 0.6 is 0 Å². The molecule has 26 heavy (non-hydrogen) atoms. The molecule has 1 saturated heterocycles. The highest BCUT2D eigenvalue weighted by Gasteiger charge is 2.29. The monoisotopic (exact) mass is 348 g/mol. The molecule has 5 heteroatoms. The van der Waals surface area contributed by atoms with Crippen LogP contribution in [0.15, 0.2) is 71.6 Å². The summed E-state index contributed by atoms with van der Waals surface area (Å²) >= 11 is 0. The number of ether oxygens (including phenoxy) is 1. The third-order valence-electron chi connectivity index (χ3n) is 4.57. The van der Waals surface area contributed by atoms with E-state index in [0.717, 1.165) is 11.1 Å². The number of nitrogens with zero attached hydrogens (tertiary/aromatic N) is 2. The zero-order valence-electron chi connectivity index (χ0n) is 14.5. The molecule has 0 saturated carbocycles. The van der Waals surface area contributed by atoms with Gasteiger partial charge < -0.3 is 14.1 Å². The molecule has 4 rings (SSSR count). The quantitative estimate of drug-likeness (QED) is 0.719.